The van der Waals surface area contributed by atoms with E-state index in [1.165, 1.54) is 51.4 Å². The fraction of sp³-hybridized carbons (Fsp3) is 1.00. The minimum absolute atomic E-state index is 0.0285. The molecular weight excluding hydrogens is 396 g/mol. The average Bonchev–Trinajstić information content (AvgIpc) is 3.07. The standard InChI is InChI=1S/C29H52O3/c1-20(8-7-17-31-19-32-27(2,3)4)24-11-12-25-23-10-9-21-18-22(30)13-15-28(21,5)26(23)14-16-29(24,25)6/h20-26,30H,7-19H2,1-6H3/t20-,21?,22?,23?,24?,25?,26+,28?,29?/m1/s1. The minimum Gasteiger partial charge on any atom is -0.393 e. The van der Waals surface area contributed by atoms with Gasteiger partial charge < -0.3 is 14.6 Å². The van der Waals surface area contributed by atoms with E-state index in [1.807, 2.05) is 0 Å². The minimum atomic E-state index is -0.118. The van der Waals surface area contributed by atoms with Crippen LogP contribution in [0, 0.1) is 46.3 Å². The summed E-state index contributed by atoms with van der Waals surface area (Å²) in [5.41, 5.74) is 0.932. The van der Waals surface area contributed by atoms with E-state index in [2.05, 4.69) is 41.5 Å². The molecule has 9 atom stereocenters. The van der Waals surface area contributed by atoms with Crippen LogP contribution in [0.2, 0.25) is 0 Å². The average molecular weight is 449 g/mol. The van der Waals surface area contributed by atoms with Gasteiger partial charge in [-0.1, -0.05) is 20.8 Å². The van der Waals surface area contributed by atoms with E-state index in [9.17, 15) is 5.11 Å². The molecule has 0 saturated heterocycles. The molecule has 0 spiro atoms. The highest BCUT2D eigenvalue weighted by Crippen LogP contribution is 2.68. The topological polar surface area (TPSA) is 38.7 Å². The molecule has 0 aromatic heterocycles. The second kappa shape index (κ2) is 9.50. The number of aliphatic hydroxyl groups is 1. The van der Waals surface area contributed by atoms with E-state index >= 15 is 0 Å². The summed E-state index contributed by atoms with van der Waals surface area (Å²) < 4.78 is 11.4. The SMILES string of the molecule is C[C@H](CCCOCOC(C)(C)C)C1CCC2C3CCC4CC(O)CCC4(C)[C@H]3CCC21C. The van der Waals surface area contributed by atoms with Crippen molar-refractivity contribution in [2.45, 2.75) is 124 Å². The largest absolute Gasteiger partial charge is 0.393 e. The monoisotopic (exact) mass is 448 g/mol. The number of aliphatic hydroxyl groups excluding tert-OH is 1. The Bertz CT molecular complexity index is 626. The van der Waals surface area contributed by atoms with Gasteiger partial charge in [-0.15, -0.1) is 0 Å². The first kappa shape index (κ1) is 25.0. The number of rotatable bonds is 7. The zero-order valence-electron chi connectivity index (χ0n) is 22.0. The van der Waals surface area contributed by atoms with Crippen LogP contribution in [0.15, 0.2) is 0 Å². The van der Waals surface area contributed by atoms with Gasteiger partial charge in [0.05, 0.1) is 11.7 Å². The molecule has 0 aromatic rings. The molecule has 0 radical (unpaired) electrons. The van der Waals surface area contributed by atoms with Crippen molar-refractivity contribution in [3.05, 3.63) is 0 Å². The molecule has 7 unspecified atom stereocenters. The molecule has 1 N–H and O–H groups in total. The Morgan fingerprint density at radius 2 is 1.66 bits per heavy atom. The summed E-state index contributed by atoms with van der Waals surface area (Å²) in [5, 5.41) is 10.3. The summed E-state index contributed by atoms with van der Waals surface area (Å²) in [6, 6.07) is 0. The molecule has 4 aliphatic carbocycles. The van der Waals surface area contributed by atoms with Crippen molar-refractivity contribution in [2.75, 3.05) is 13.4 Å². The summed E-state index contributed by atoms with van der Waals surface area (Å²) in [6.45, 7) is 15.3. The Morgan fingerprint density at radius 3 is 2.41 bits per heavy atom. The summed E-state index contributed by atoms with van der Waals surface area (Å²) in [5.74, 6) is 5.26. The first-order chi connectivity index (χ1) is 15.0. The highest BCUT2D eigenvalue weighted by atomic mass is 16.7. The first-order valence-electron chi connectivity index (χ1n) is 13.9. The maximum atomic E-state index is 10.3. The highest BCUT2D eigenvalue weighted by molar-refractivity contribution is 5.09. The maximum Gasteiger partial charge on any atom is 0.147 e. The molecule has 0 aromatic carbocycles. The van der Waals surface area contributed by atoms with Gasteiger partial charge in [0, 0.05) is 6.61 Å². The van der Waals surface area contributed by atoms with Crippen LogP contribution in [-0.2, 0) is 9.47 Å². The van der Waals surface area contributed by atoms with Crippen LogP contribution >= 0.6 is 0 Å². The van der Waals surface area contributed by atoms with Gasteiger partial charge in [0.15, 0.2) is 0 Å². The second-order valence-corrected chi connectivity index (χ2v) is 13.7. The Kier molecular flexibility index (Phi) is 7.42. The first-order valence-corrected chi connectivity index (χ1v) is 13.9. The molecule has 0 amide bonds. The molecule has 0 aliphatic heterocycles. The van der Waals surface area contributed by atoms with E-state index in [4.69, 9.17) is 9.47 Å². The van der Waals surface area contributed by atoms with E-state index in [1.54, 1.807) is 0 Å². The number of hydrogen-bond acceptors (Lipinski definition) is 3. The summed E-state index contributed by atoms with van der Waals surface area (Å²) in [7, 11) is 0. The smallest absolute Gasteiger partial charge is 0.147 e. The van der Waals surface area contributed by atoms with Crippen molar-refractivity contribution < 1.29 is 14.6 Å². The molecule has 32 heavy (non-hydrogen) atoms. The lowest BCUT2D eigenvalue weighted by Crippen LogP contribution is -2.54. The van der Waals surface area contributed by atoms with Crippen molar-refractivity contribution in [1.82, 2.24) is 0 Å². The third-order valence-corrected chi connectivity index (χ3v) is 10.9. The lowest BCUT2D eigenvalue weighted by Gasteiger charge is -2.61. The molecule has 0 bridgehead atoms. The van der Waals surface area contributed by atoms with Crippen LogP contribution < -0.4 is 0 Å². The van der Waals surface area contributed by atoms with E-state index < -0.39 is 0 Å². The molecule has 0 heterocycles. The van der Waals surface area contributed by atoms with Gasteiger partial charge in [0.25, 0.3) is 0 Å². The molecule has 186 valence electrons. The van der Waals surface area contributed by atoms with E-state index in [0.717, 1.165) is 61.4 Å². The highest BCUT2D eigenvalue weighted by Gasteiger charge is 2.60. The second-order valence-electron chi connectivity index (χ2n) is 13.7. The summed E-state index contributed by atoms with van der Waals surface area (Å²) in [6.07, 6.45) is 14.4. The van der Waals surface area contributed by atoms with Crippen molar-refractivity contribution in [2.24, 2.45) is 46.3 Å². The molecular formula is C29H52O3. The summed E-state index contributed by atoms with van der Waals surface area (Å²) in [4.78, 5) is 0. The number of ether oxygens (including phenoxy) is 2. The lowest BCUT2D eigenvalue weighted by molar-refractivity contribution is -0.130. The lowest BCUT2D eigenvalue weighted by atomic mass is 9.44. The third kappa shape index (κ3) is 4.82. The normalized spacial score (nSPS) is 45.1. The van der Waals surface area contributed by atoms with E-state index in [0.29, 0.717) is 17.6 Å². The van der Waals surface area contributed by atoms with E-state index in [-0.39, 0.29) is 11.7 Å². The molecule has 4 saturated carbocycles. The van der Waals surface area contributed by atoms with Gasteiger partial charge in [-0.25, -0.2) is 0 Å². The zero-order chi connectivity index (χ0) is 23.1. The van der Waals surface area contributed by atoms with Gasteiger partial charge in [-0.05, 0) is 138 Å². The van der Waals surface area contributed by atoms with Crippen molar-refractivity contribution in [3.8, 4) is 0 Å². The van der Waals surface area contributed by atoms with Crippen LogP contribution in [0.3, 0.4) is 0 Å². The van der Waals surface area contributed by atoms with Gasteiger partial charge in [-0.3, -0.25) is 0 Å². The summed E-state index contributed by atoms with van der Waals surface area (Å²) >= 11 is 0. The zero-order valence-corrected chi connectivity index (χ0v) is 22.0. The van der Waals surface area contributed by atoms with Gasteiger partial charge >= 0.3 is 0 Å². The van der Waals surface area contributed by atoms with Crippen LogP contribution in [0.25, 0.3) is 0 Å². The van der Waals surface area contributed by atoms with Gasteiger partial charge in [-0.2, -0.15) is 0 Å². The molecule has 3 heteroatoms. The Labute approximate surface area is 198 Å². The van der Waals surface area contributed by atoms with Gasteiger partial charge in [0.2, 0.25) is 0 Å². The predicted octanol–water partition coefficient (Wildman–Crippen LogP) is 7.21. The number of fused-ring (bicyclic) bond motifs is 5. The Morgan fingerprint density at radius 1 is 0.938 bits per heavy atom. The van der Waals surface area contributed by atoms with Crippen LogP contribution in [-0.4, -0.2) is 30.2 Å². The quantitative estimate of drug-likeness (QED) is 0.330. The van der Waals surface area contributed by atoms with Crippen molar-refractivity contribution >= 4 is 0 Å². The third-order valence-electron chi connectivity index (χ3n) is 10.9. The Hall–Kier alpha value is -0.120. The maximum absolute atomic E-state index is 10.3. The van der Waals surface area contributed by atoms with Gasteiger partial charge in [0.1, 0.15) is 6.79 Å². The fourth-order valence-corrected chi connectivity index (χ4v) is 9.20. The molecule has 4 fully saturated rings. The van der Waals surface area contributed by atoms with Crippen molar-refractivity contribution in [3.63, 3.8) is 0 Å². The number of hydrogen-bond donors (Lipinski definition) is 1. The van der Waals surface area contributed by atoms with Crippen LogP contribution in [0.5, 0.6) is 0 Å². The van der Waals surface area contributed by atoms with Crippen molar-refractivity contribution in [1.29, 1.82) is 0 Å². The Balaban J connectivity index is 1.32. The molecule has 4 rings (SSSR count). The molecule has 3 nitrogen and oxygen atoms in total. The predicted molar refractivity (Wildman–Crippen MR) is 131 cm³/mol. The fourth-order valence-electron chi connectivity index (χ4n) is 9.20. The van der Waals surface area contributed by atoms with Crippen LogP contribution in [0.1, 0.15) is 112 Å². The molecule has 4 aliphatic rings. The van der Waals surface area contributed by atoms with Crippen LogP contribution in [0.4, 0.5) is 0 Å².